The fourth-order valence-corrected chi connectivity index (χ4v) is 6.82. The number of hydrogen-bond donors (Lipinski definition) is 6. The quantitative estimate of drug-likeness (QED) is 0.0982. The number of pyridine rings is 2. The van der Waals surface area contributed by atoms with Crippen molar-refractivity contribution in [1.29, 1.82) is 0 Å². The average Bonchev–Trinajstić information content (AvgIpc) is 3.88. The molecule has 18 nitrogen and oxygen atoms in total. The molecule has 69 heavy (non-hydrogen) atoms. The molecule has 2 aliphatic heterocycles. The summed E-state index contributed by atoms with van der Waals surface area (Å²) in [5, 5.41) is 56.4. The van der Waals surface area contributed by atoms with Crippen molar-refractivity contribution in [2.24, 2.45) is 0 Å². The van der Waals surface area contributed by atoms with Crippen molar-refractivity contribution in [3.8, 4) is 34.9 Å². The molecule has 4 aromatic heterocycles. The summed E-state index contributed by atoms with van der Waals surface area (Å²) >= 11 is 0. The van der Waals surface area contributed by atoms with Gasteiger partial charge >= 0.3 is 30.8 Å². The minimum Gasteiger partial charge on any atom is -0.474 e. The van der Waals surface area contributed by atoms with Crippen molar-refractivity contribution in [3.63, 3.8) is 0 Å². The van der Waals surface area contributed by atoms with E-state index in [1.807, 2.05) is 0 Å². The maximum Gasteiger partial charge on any atom is 0.426 e. The van der Waals surface area contributed by atoms with Crippen LogP contribution in [0.1, 0.15) is 109 Å². The van der Waals surface area contributed by atoms with E-state index in [2.05, 4.69) is 35.7 Å². The molecule has 0 spiro atoms. The summed E-state index contributed by atoms with van der Waals surface area (Å²) in [5.74, 6) is -6.01. The lowest BCUT2D eigenvalue weighted by Gasteiger charge is -2.27. The van der Waals surface area contributed by atoms with E-state index in [1.54, 1.807) is 0 Å². The first-order valence-electron chi connectivity index (χ1n) is 20.5. The van der Waals surface area contributed by atoms with Crippen LogP contribution in [0.4, 0.5) is 68.9 Å². The minimum absolute atomic E-state index is 0.193. The maximum atomic E-state index is 13.9. The van der Waals surface area contributed by atoms with Crippen LogP contribution in [0.5, 0.6) is 11.8 Å². The number of aliphatic hydroxyl groups is 4. The Balaban J connectivity index is 0.000000263. The number of aliphatic hydroxyl groups excluding tert-OH is 2. The number of anilines is 2. The molecule has 0 aliphatic carbocycles. The van der Waals surface area contributed by atoms with Crippen LogP contribution >= 0.6 is 0 Å². The zero-order valence-electron chi connectivity index (χ0n) is 36.7. The first kappa shape index (κ1) is 54.2. The number of nitrogens with one attached hydrogen (secondary N) is 1. The highest BCUT2D eigenvalue weighted by atomic mass is 19.4. The molecule has 30 heteroatoms. The molecule has 384 valence electrons. The van der Waals surface area contributed by atoms with E-state index in [4.69, 9.17) is 28.8 Å². The van der Waals surface area contributed by atoms with Gasteiger partial charge in [-0.05, 0) is 85.3 Å². The Kier molecular flexibility index (Phi) is 15.4. The normalized spacial score (nSPS) is 24.3. The van der Waals surface area contributed by atoms with Gasteiger partial charge in [0.25, 0.3) is 23.6 Å². The van der Waals surface area contributed by atoms with Crippen molar-refractivity contribution in [2.45, 2.75) is 152 Å². The zero-order valence-corrected chi connectivity index (χ0v) is 36.7. The largest absolute Gasteiger partial charge is 0.474 e. The molecule has 2 aliphatic rings. The monoisotopic (exact) mass is 1010 g/mol. The van der Waals surface area contributed by atoms with Gasteiger partial charge in [0.05, 0.1) is 23.6 Å². The number of rotatable bonds is 1. The molecule has 2 unspecified atom stereocenters. The average molecular weight is 1010 g/mol. The van der Waals surface area contributed by atoms with Gasteiger partial charge < -0.3 is 49.2 Å². The highest BCUT2D eigenvalue weighted by molar-refractivity contribution is 5.89. The number of aromatic nitrogens is 6. The Hall–Kier alpha value is -5.75. The number of alkyl halides is 12. The van der Waals surface area contributed by atoms with Crippen molar-refractivity contribution in [2.75, 3.05) is 11.1 Å². The number of nitrogens with two attached hydrogens (primary N) is 1. The molecule has 8 bridgehead atoms. The number of hydrogen-bond acceptors (Lipinski definition) is 17. The molecule has 0 saturated heterocycles. The highest BCUT2D eigenvalue weighted by Crippen LogP contribution is 2.47. The standard InChI is InChI=1S/C22H26F6N4O6.C17H18F6N4O4/c1-10-8-11(33)6-5-7-20(35,22(26,27)28)17-32-31-16(37-17)14-13(29-18(34)38-19(2,3)4)9-12(21(23,24)25)15(30-14)36-10;1-7-5-8(28)3-2-4-15(29,17(21,22)23)14-27-26-13(31-14)11-10(24)6-9(16(18,19)20)12(25-11)30-7/h9-11,33,35H,5-8H2,1-4H3,(H,29,34);6-8,28-29H,2-5,24H2,1H3/t10-,11?,20-;7-,8?,15-/m11/s1. The fourth-order valence-electron chi connectivity index (χ4n) is 6.82. The van der Waals surface area contributed by atoms with Gasteiger partial charge in [-0.15, -0.1) is 20.4 Å². The van der Waals surface area contributed by atoms with Gasteiger partial charge in [-0.1, -0.05) is 0 Å². The van der Waals surface area contributed by atoms with E-state index in [0.29, 0.717) is 12.1 Å². The maximum absolute atomic E-state index is 13.9. The second kappa shape index (κ2) is 19.6. The molecule has 0 saturated carbocycles. The molecule has 4 aromatic rings. The van der Waals surface area contributed by atoms with Gasteiger partial charge in [0.1, 0.15) is 28.9 Å². The van der Waals surface area contributed by atoms with Gasteiger partial charge in [0, 0.05) is 12.8 Å². The fraction of sp³-hybridized carbons (Fsp3) is 0.615. The van der Waals surface area contributed by atoms with Crippen LogP contribution in [0.2, 0.25) is 0 Å². The van der Waals surface area contributed by atoms with Crippen molar-refractivity contribution >= 4 is 17.5 Å². The summed E-state index contributed by atoms with van der Waals surface area (Å²) in [4.78, 5) is 19.8. The predicted octanol–water partition coefficient (Wildman–Crippen LogP) is 8.13. The van der Waals surface area contributed by atoms with E-state index in [-0.39, 0.29) is 38.5 Å². The Morgan fingerprint density at radius 1 is 0.696 bits per heavy atom. The molecule has 6 heterocycles. The third-order valence-corrected chi connectivity index (χ3v) is 10.1. The molecular formula is C39H44F12N8O10. The third kappa shape index (κ3) is 12.7. The molecule has 0 radical (unpaired) electrons. The number of amides is 1. The van der Waals surface area contributed by atoms with E-state index < -0.39 is 154 Å². The lowest BCUT2D eigenvalue weighted by Crippen LogP contribution is -2.42. The Morgan fingerprint density at radius 2 is 1.10 bits per heavy atom. The molecule has 6 rings (SSSR count). The summed E-state index contributed by atoms with van der Waals surface area (Å²) in [6.07, 6.45) is -29.6. The molecule has 1 amide bonds. The summed E-state index contributed by atoms with van der Waals surface area (Å²) < 4.78 is 190. The van der Waals surface area contributed by atoms with Gasteiger partial charge in [0.2, 0.25) is 23.0 Å². The van der Waals surface area contributed by atoms with Crippen LogP contribution in [0, 0.1) is 0 Å². The van der Waals surface area contributed by atoms with Gasteiger partial charge in [-0.2, -0.15) is 52.7 Å². The van der Waals surface area contributed by atoms with Crippen molar-refractivity contribution < 1.29 is 101 Å². The summed E-state index contributed by atoms with van der Waals surface area (Å²) in [7, 11) is 0. The van der Waals surface area contributed by atoms with Gasteiger partial charge in [-0.3, -0.25) is 5.32 Å². The Labute approximate surface area is 381 Å². The first-order valence-corrected chi connectivity index (χ1v) is 20.5. The van der Waals surface area contributed by atoms with E-state index in [1.165, 1.54) is 34.6 Å². The second-order valence-electron chi connectivity index (χ2n) is 17.1. The molecule has 6 atom stereocenters. The summed E-state index contributed by atoms with van der Waals surface area (Å²) in [6, 6.07) is 0.906. The van der Waals surface area contributed by atoms with Gasteiger partial charge in [0.15, 0.2) is 11.4 Å². The van der Waals surface area contributed by atoms with E-state index >= 15 is 0 Å². The third-order valence-electron chi connectivity index (χ3n) is 10.1. The van der Waals surface area contributed by atoms with Crippen molar-refractivity contribution in [3.05, 3.63) is 35.0 Å². The summed E-state index contributed by atoms with van der Waals surface area (Å²) in [6.45, 7) is 7.17. The number of halogens is 12. The molecule has 7 N–H and O–H groups in total. The van der Waals surface area contributed by atoms with Crippen LogP contribution in [0.15, 0.2) is 21.0 Å². The van der Waals surface area contributed by atoms with Crippen LogP contribution in [0.25, 0.3) is 23.2 Å². The van der Waals surface area contributed by atoms with Crippen molar-refractivity contribution in [1.82, 2.24) is 30.4 Å². The predicted molar refractivity (Wildman–Crippen MR) is 208 cm³/mol. The lowest BCUT2D eigenvalue weighted by atomic mass is 9.94. The first-order chi connectivity index (χ1) is 31.5. The summed E-state index contributed by atoms with van der Waals surface area (Å²) in [5.41, 5.74) is -7.89. The highest BCUT2D eigenvalue weighted by Gasteiger charge is 2.60. The van der Waals surface area contributed by atoms with Crippen LogP contribution in [0.3, 0.4) is 0 Å². The number of nitrogen functional groups attached to an aromatic ring is 1. The molecule has 0 fully saturated rings. The van der Waals surface area contributed by atoms with E-state index in [9.17, 15) is 77.9 Å². The lowest BCUT2D eigenvalue weighted by molar-refractivity contribution is -0.277. The number of carbonyl (C=O) groups excluding carboxylic acids is 1. The molecule has 0 aromatic carbocycles. The number of nitrogens with zero attached hydrogens (tertiary/aromatic N) is 6. The SMILES string of the molecule is C[C@@H]1CC(O)CCC[C@](O)(C(F)(F)F)c2nnc(o2)-c2nc(c(C(F)(F)F)cc2N)O1.C[C@@H]1CC(O)CCC[C@](O)(C(F)(F)F)c2nnc(o2)-c2nc(c(C(F)(F)F)cc2NC(=O)OC(C)(C)C)O1. The van der Waals surface area contributed by atoms with Crippen LogP contribution in [-0.2, 0) is 28.3 Å². The minimum atomic E-state index is -5.29. The zero-order chi connectivity index (χ0) is 51.9. The van der Waals surface area contributed by atoms with Gasteiger partial charge in [-0.25, -0.2) is 14.8 Å². The Bertz CT molecular complexity index is 2440. The topological polar surface area (TPSA) is 267 Å². The van der Waals surface area contributed by atoms with Crippen LogP contribution < -0.4 is 20.5 Å². The molecular weight excluding hydrogens is 968 g/mol. The second-order valence-corrected chi connectivity index (χ2v) is 17.1. The number of carbonyl (C=O) groups is 1. The number of ether oxygens (including phenoxy) is 3. The Morgan fingerprint density at radius 3 is 1.51 bits per heavy atom. The smallest absolute Gasteiger partial charge is 0.426 e. The number of fused-ring (bicyclic) bond motifs is 10. The van der Waals surface area contributed by atoms with E-state index in [0.717, 1.165) is 0 Å². The van der Waals surface area contributed by atoms with Crippen LogP contribution in [-0.4, -0.2) is 99.3 Å².